The summed E-state index contributed by atoms with van der Waals surface area (Å²) >= 11 is 5.42. The van der Waals surface area contributed by atoms with E-state index in [1.165, 1.54) is 17.6 Å². The lowest BCUT2D eigenvalue weighted by Crippen LogP contribution is -1.96. The molecule has 0 fully saturated rings. The van der Waals surface area contributed by atoms with Gasteiger partial charge in [-0.1, -0.05) is 17.3 Å². The number of hydrogen-bond acceptors (Lipinski definition) is 8. The highest BCUT2D eigenvalue weighted by Crippen LogP contribution is 2.46. The van der Waals surface area contributed by atoms with Crippen LogP contribution in [0, 0.1) is 5.41 Å². The van der Waals surface area contributed by atoms with Crippen molar-refractivity contribution in [3.8, 4) is 16.5 Å². The number of hydrogen-bond donors (Lipinski definition) is 3. The number of aromatic nitrogens is 3. The number of aliphatic hydroxyl groups excluding tert-OH is 1. The van der Waals surface area contributed by atoms with E-state index < -0.39 is 0 Å². The molecule has 0 amide bonds. The predicted molar refractivity (Wildman–Crippen MR) is 152 cm³/mol. The molecular formula is C23H19IN5O2PS2. The van der Waals surface area contributed by atoms with E-state index in [2.05, 4.69) is 37.4 Å². The number of nitrogens with one attached hydrogen (secondary N) is 2. The van der Waals surface area contributed by atoms with E-state index in [0.29, 0.717) is 23.6 Å². The summed E-state index contributed by atoms with van der Waals surface area (Å²) in [5.41, 5.74) is 3.43. The van der Waals surface area contributed by atoms with Gasteiger partial charge in [-0.25, -0.2) is 0 Å². The molecule has 0 bridgehead atoms. The number of anilines is 1. The van der Waals surface area contributed by atoms with E-state index in [1.807, 2.05) is 65.3 Å². The minimum absolute atomic E-state index is 0.142. The van der Waals surface area contributed by atoms with Crippen LogP contribution in [0.25, 0.3) is 26.1 Å². The average Bonchev–Trinajstić information content (AvgIpc) is 3.45. The number of thioether (sulfide) groups is 1. The molecule has 7 nitrogen and oxygen atoms in total. The molecule has 172 valence electrons. The van der Waals surface area contributed by atoms with E-state index >= 15 is 0 Å². The molecular weight excluding hydrogens is 600 g/mol. The second-order valence-electron chi connectivity index (χ2n) is 7.14. The van der Waals surface area contributed by atoms with Crippen molar-refractivity contribution < 1.29 is 9.84 Å². The minimum Gasteiger partial charge on any atom is -0.454 e. The quantitative estimate of drug-likeness (QED) is 0.0722. The van der Waals surface area contributed by atoms with Crippen molar-refractivity contribution in [1.29, 1.82) is 5.41 Å². The van der Waals surface area contributed by atoms with Gasteiger partial charge in [-0.15, -0.1) is 28.2 Å². The normalized spacial score (nSPS) is 11.6. The van der Waals surface area contributed by atoms with Crippen LogP contribution in [0.2, 0.25) is 0 Å². The van der Waals surface area contributed by atoms with Crippen LogP contribution in [0.15, 0.2) is 65.6 Å². The first-order valence-corrected chi connectivity index (χ1v) is 16.2. The Bertz CT molecular complexity index is 1470. The van der Waals surface area contributed by atoms with Gasteiger partial charge >= 0.3 is 0 Å². The van der Waals surface area contributed by atoms with E-state index in [9.17, 15) is 0 Å². The Morgan fingerprint density at radius 3 is 2.76 bits per heavy atom. The molecule has 0 saturated heterocycles. The Morgan fingerprint density at radius 2 is 2.00 bits per heavy atom. The summed E-state index contributed by atoms with van der Waals surface area (Å²) in [6.07, 6.45) is 1.88. The van der Waals surface area contributed by atoms with Gasteiger partial charge in [0.25, 0.3) is 0 Å². The van der Waals surface area contributed by atoms with Crippen molar-refractivity contribution in [2.45, 2.75) is 4.90 Å². The van der Waals surface area contributed by atoms with Crippen molar-refractivity contribution in [3.63, 3.8) is 0 Å². The number of aliphatic hydroxyl groups is 1. The first-order chi connectivity index (χ1) is 16.7. The molecule has 0 saturated carbocycles. The van der Waals surface area contributed by atoms with Crippen molar-refractivity contribution in [2.75, 3.05) is 17.4 Å². The van der Waals surface area contributed by atoms with Gasteiger partial charge in [-0.2, -0.15) is 4.68 Å². The monoisotopic (exact) mass is 619 g/mol. The van der Waals surface area contributed by atoms with Crippen molar-refractivity contribution in [3.05, 3.63) is 66.2 Å². The van der Waals surface area contributed by atoms with Crippen LogP contribution in [0.1, 0.15) is 5.56 Å². The Hall–Kier alpha value is -2.24. The molecule has 0 aliphatic carbocycles. The highest BCUT2D eigenvalue weighted by molar-refractivity contribution is 14.2. The molecule has 5 rings (SSSR count). The summed E-state index contributed by atoms with van der Waals surface area (Å²) in [6, 6.07) is 19.7. The van der Waals surface area contributed by atoms with Crippen LogP contribution < -0.4 is 9.82 Å². The van der Waals surface area contributed by atoms with Gasteiger partial charge in [0.1, 0.15) is 11.3 Å². The molecule has 1 unspecified atom stereocenters. The topological polar surface area (TPSA) is 96.1 Å². The third-order valence-electron chi connectivity index (χ3n) is 5.11. The van der Waals surface area contributed by atoms with Gasteiger partial charge in [0.05, 0.1) is 16.8 Å². The Morgan fingerprint density at radius 1 is 1.18 bits per heavy atom. The molecule has 0 aliphatic heterocycles. The zero-order valence-electron chi connectivity index (χ0n) is 17.7. The van der Waals surface area contributed by atoms with E-state index in [-0.39, 0.29) is 6.61 Å². The van der Waals surface area contributed by atoms with Crippen LogP contribution in [-0.2, 0) is 0 Å². The maximum atomic E-state index is 9.07. The van der Waals surface area contributed by atoms with E-state index in [1.54, 1.807) is 11.8 Å². The molecule has 5 aromatic rings. The van der Waals surface area contributed by atoms with Gasteiger partial charge < -0.3 is 20.3 Å². The Kier molecular flexibility index (Phi) is 7.31. The van der Waals surface area contributed by atoms with Gasteiger partial charge in [0.2, 0.25) is 0 Å². The second kappa shape index (κ2) is 10.6. The maximum Gasteiger partial charge on any atom is 0.172 e. The number of halogens is 1. The maximum absolute atomic E-state index is 9.07. The van der Waals surface area contributed by atoms with Crippen LogP contribution >= 0.6 is 51.5 Å². The SMILES string of the molecule is N=Cc1c(NPI)ccc2c(Oc3ccc(SCCO)cc3)c(-n3nnc4ccccc43)sc12. The highest BCUT2D eigenvalue weighted by Gasteiger charge is 2.22. The molecule has 2 aromatic heterocycles. The molecule has 0 aliphatic rings. The number of benzene rings is 3. The summed E-state index contributed by atoms with van der Waals surface area (Å²) in [7, 11) is 0. The van der Waals surface area contributed by atoms with E-state index in [4.69, 9.17) is 15.3 Å². The van der Waals surface area contributed by atoms with Gasteiger partial charge in [-0.3, -0.25) is 0 Å². The van der Waals surface area contributed by atoms with Crippen molar-refractivity contribution in [2.24, 2.45) is 0 Å². The Balaban J connectivity index is 1.66. The average molecular weight is 619 g/mol. The predicted octanol–water partition coefficient (Wildman–Crippen LogP) is 6.86. The summed E-state index contributed by atoms with van der Waals surface area (Å²) in [4.78, 5) is 1.07. The summed E-state index contributed by atoms with van der Waals surface area (Å²) < 4.78 is 9.22. The Labute approximate surface area is 218 Å². The lowest BCUT2D eigenvalue weighted by molar-refractivity contribution is 0.322. The summed E-state index contributed by atoms with van der Waals surface area (Å²) in [5, 5.41) is 31.0. The molecule has 34 heavy (non-hydrogen) atoms. The molecule has 11 heteroatoms. The fourth-order valence-electron chi connectivity index (χ4n) is 3.59. The smallest absolute Gasteiger partial charge is 0.172 e. The molecule has 3 aromatic carbocycles. The van der Waals surface area contributed by atoms with Crippen LogP contribution in [0.4, 0.5) is 5.69 Å². The molecule has 2 heterocycles. The number of nitrogens with zero attached hydrogens (tertiary/aromatic N) is 3. The number of thiophene rings is 1. The second-order valence-corrected chi connectivity index (χ2v) is 11.4. The zero-order chi connectivity index (χ0) is 23.5. The third-order valence-corrected chi connectivity index (χ3v) is 8.47. The van der Waals surface area contributed by atoms with Gasteiger partial charge in [-0.05, 0) is 70.6 Å². The zero-order valence-corrected chi connectivity index (χ0v) is 22.4. The largest absolute Gasteiger partial charge is 0.454 e. The minimum atomic E-state index is 0.142. The molecule has 0 spiro atoms. The lowest BCUT2D eigenvalue weighted by Gasteiger charge is -2.10. The number of para-hydroxylation sites is 1. The van der Waals surface area contributed by atoms with Crippen LogP contribution in [-0.4, -0.2) is 38.7 Å². The molecule has 0 radical (unpaired) electrons. The third kappa shape index (κ3) is 4.52. The number of fused-ring (bicyclic) bond motifs is 2. The number of rotatable bonds is 9. The fraction of sp³-hybridized carbons (Fsp3) is 0.0870. The first kappa shape index (κ1) is 23.5. The van der Waals surface area contributed by atoms with Crippen molar-refractivity contribution in [1.82, 2.24) is 15.0 Å². The van der Waals surface area contributed by atoms with E-state index in [0.717, 1.165) is 42.3 Å². The van der Waals surface area contributed by atoms with Crippen LogP contribution in [0.5, 0.6) is 11.5 Å². The molecule has 3 N–H and O–H groups in total. The van der Waals surface area contributed by atoms with Crippen LogP contribution in [0.3, 0.4) is 0 Å². The van der Waals surface area contributed by atoms with Gasteiger partial charge in [0, 0.05) is 39.9 Å². The van der Waals surface area contributed by atoms with Gasteiger partial charge in [0.15, 0.2) is 10.8 Å². The molecule has 1 atom stereocenters. The first-order valence-electron chi connectivity index (χ1n) is 10.3. The lowest BCUT2D eigenvalue weighted by atomic mass is 10.1. The fourth-order valence-corrected chi connectivity index (χ4v) is 6.65. The van der Waals surface area contributed by atoms with Crippen molar-refractivity contribution >= 4 is 84.5 Å². The summed E-state index contributed by atoms with van der Waals surface area (Å²) in [5.74, 6) is 2.03. The standard InChI is InChI=1S/C23H19IN5O2PS2/c24-32-27-18-10-9-16-21(31-14-5-7-15(8-6-14)33-12-11-30)23(34-22(16)17(18)13-25)29-20-4-2-1-3-19(20)26-28-29/h1-10,13,25,27,30,32H,11-12H2. The highest BCUT2D eigenvalue weighted by atomic mass is 127. The summed E-state index contributed by atoms with van der Waals surface area (Å²) in [6.45, 7) is 0.142. The number of ether oxygens (including phenoxy) is 1.